The summed E-state index contributed by atoms with van der Waals surface area (Å²) < 4.78 is 0. The lowest BCUT2D eigenvalue weighted by Gasteiger charge is -2.10. The van der Waals surface area contributed by atoms with Crippen LogP contribution in [0.4, 0.5) is 5.69 Å². The second kappa shape index (κ2) is 11.9. The number of amides is 1. The van der Waals surface area contributed by atoms with Gasteiger partial charge in [-0.15, -0.1) is 35.3 Å². The van der Waals surface area contributed by atoms with Crippen molar-refractivity contribution >= 4 is 52.9 Å². The first kappa shape index (κ1) is 22.4. The molecule has 0 saturated carbocycles. The Morgan fingerprint density at radius 2 is 1.96 bits per heavy atom. The van der Waals surface area contributed by atoms with Crippen LogP contribution in [0.2, 0.25) is 0 Å². The van der Waals surface area contributed by atoms with Crippen molar-refractivity contribution in [3.05, 3.63) is 51.7 Å². The Bertz CT molecular complexity index is 730. The van der Waals surface area contributed by atoms with E-state index in [-0.39, 0.29) is 36.4 Å². The number of aryl methyl sites for hydroxylation is 2. The third-order valence-electron chi connectivity index (χ3n) is 3.57. The van der Waals surface area contributed by atoms with E-state index in [1.165, 1.54) is 15.3 Å². The Hall–Kier alpha value is -1.61. The fraction of sp³-hybridized carbons (Fsp3) is 0.368. The molecule has 0 fully saturated rings. The van der Waals surface area contributed by atoms with Crippen molar-refractivity contribution in [2.24, 2.45) is 4.99 Å². The third-order valence-corrected chi connectivity index (χ3v) is 4.57. The van der Waals surface area contributed by atoms with Gasteiger partial charge >= 0.3 is 0 Å². The van der Waals surface area contributed by atoms with Crippen LogP contribution in [0.25, 0.3) is 0 Å². The number of halogens is 1. The van der Waals surface area contributed by atoms with Crippen molar-refractivity contribution in [3.8, 4) is 0 Å². The Morgan fingerprint density at radius 3 is 2.62 bits per heavy atom. The quantitative estimate of drug-likeness (QED) is 0.316. The molecule has 3 N–H and O–H groups in total. The van der Waals surface area contributed by atoms with Gasteiger partial charge in [0, 0.05) is 22.0 Å². The molecule has 142 valence electrons. The fourth-order valence-corrected chi connectivity index (χ4v) is 3.14. The van der Waals surface area contributed by atoms with Gasteiger partial charge in [0.2, 0.25) is 5.91 Å². The standard InChI is InChI=1S/C19H26N4OS.HI/c1-4-15-7-6-8-16(11-15)23-18(24)13-22-19(20-5-2)21-12-17-10-9-14(3)25-17;/h6-11H,4-5,12-13H2,1-3H3,(H,23,24)(H2,20,21,22);1H. The number of hydrogen-bond donors (Lipinski definition) is 3. The van der Waals surface area contributed by atoms with Crippen molar-refractivity contribution in [2.75, 3.05) is 18.4 Å². The molecule has 0 unspecified atom stereocenters. The molecule has 2 rings (SSSR count). The van der Waals surface area contributed by atoms with Crippen molar-refractivity contribution in [2.45, 2.75) is 33.7 Å². The molecule has 1 heterocycles. The number of carbonyl (C=O) groups excluding carboxylic acids is 1. The normalized spacial score (nSPS) is 10.8. The van der Waals surface area contributed by atoms with E-state index in [1.807, 2.05) is 31.2 Å². The third kappa shape index (κ3) is 7.74. The SMILES string of the molecule is CCNC(=NCC(=O)Nc1cccc(CC)c1)NCc1ccc(C)s1.I. The number of aliphatic imine (C=N–C) groups is 1. The molecule has 0 atom stereocenters. The van der Waals surface area contributed by atoms with Crippen LogP contribution in [-0.4, -0.2) is 25.0 Å². The minimum atomic E-state index is -0.127. The highest BCUT2D eigenvalue weighted by Gasteiger charge is 2.04. The Labute approximate surface area is 176 Å². The van der Waals surface area contributed by atoms with Gasteiger partial charge in [0.05, 0.1) is 6.54 Å². The molecule has 0 aliphatic rings. The van der Waals surface area contributed by atoms with Crippen LogP contribution < -0.4 is 16.0 Å². The number of carbonyl (C=O) groups is 1. The van der Waals surface area contributed by atoms with Crippen LogP contribution in [0.5, 0.6) is 0 Å². The number of nitrogens with zero attached hydrogens (tertiary/aromatic N) is 1. The van der Waals surface area contributed by atoms with E-state index in [0.717, 1.165) is 18.7 Å². The van der Waals surface area contributed by atoms with Crippen LogP contribution in [0.15, 0.2) is 41.4 Å². The van der Waals surface area contributed by atoms with Crippen molar-refractivity contribution in [1.82, 2.24) is 10.6 Å². The summed E-state index contributed by atoms with van der Waals surface area (Å²) in [4.78, 5) is 19.0. The predicted octanol–water partition coefficient (Wildman–Crippen LogP) is 3.93. The zero-order valence-electron chi connectivity index (χ0n) is 15.5. The molecule has 7 heteroatoms. The average molecular weight is 486 g/mol. The van der Waals surface area contributed by atoms with E-state index in [2.05, 4.69) is 46.9 Å². The predicted molar refractivity (Wildman–Crippen MR) is 122 cm³/mol. The van der Waals surface area contributed by atoms with Crippen molar-refractivity contribution in [3.63, 3.8) is 0 Å². The minimum absolute atomic E-state index is 0. The molecule has 26 heavy (non-hydrogen) atoms. The van der Waals surface area contributed by atoms with Gasteiger partial charge in [0.1, 0.15) is 6.54 Å². The lowest BCUT2D eigenvalue weighted by atomic mass is 10.1. The van der Waals surface area contributed by atoms with Gasteiger partial charge in [0.25, 0.3) is 0 Å². The molecule has 0 saturated heterocycles. The lowest BCUT2D eigenvalue weighted by molar-refractivity contribution is -0.114. The first-order valence-electron chi connectivity index (χ1n) is 8.57. The smallest absolute Gasteiger partial charge is 0.246 e. The molecule has 5 nitrogen and oxygen atoms in total. The van der Waals surface area contributed by atoms with Crippen LogP contribution in [0, 0.1) is 6.92 Å². The number of benzene rings is 1. The number of hydrogen-bond acceptors (Lipinski definition) is 3. The van der Waals surface area contributed by atoms with Gasteiger partial charge in [0.15, 0.2) is 5.96 Å². The zero-order valence-corrected chi connectivity index (χ0v) is 18.6. The van der Waals surface area contributed by atoms with E-state index in [9.17, 15) is 4.79 Å². The summed E-state index contributed by atoms with van der Waals surface area (Å²) in [7, 11) is 0. The summed E-state index contributed by atoms with van der Waals surface area (Å²) in [6.07, 6.45) is 0.943. The molecule has 0 aliphatic heterocycles. The van der Waals surface area contributed by atoms with E-state index in [1.54, 1.807) is 11.3 Å². The number of rotatable bonds is 7. The van der Waals surface area contributed by atoms with Gasteiger partial charge in [-0.2, -0.15) is 0 Å². The van der Waals surface area contributed by atoms with E-state index < -0.39 is 0 Å². The van der Waals surface area contributed by atoms with E-state index in [0.29, 0.717) is 12.5 Å². The van der Waals surface area contributed by atoms with E-state index in [4.69, 9.17) is 0 Å². The lowest BCUT2D eigenvalue weighted by Crippen LogP contribution is -2.37. The van der Waals surface area contributed by atoms with Gasteiger partial charge in [-0.1, -0.05) is 19.1 Å². The Balaban J connectivity index is 0.00000338. The molecule has 0 aliphatic carbocycles. The van der Waals surface area contributed by atoms with Crippen LogP contribution in [-0.2, 0) is 17.8 Å². The molecule has 0 radical (unpaired) electrons. The highest BCUT2D eigenvalue weighted by Crippen LogP contribution is 2.14. The monoisotopic (exact) mass is 486 g/mol. The molecule has 1 aromatic heterocycles. The van der Waals surface area contributed by atoms with Crippen molar-refractivity contribution in [1.29, 1.82) is 0 Å². The summed E-state index contributed by atoms with van der Waals surface area (Å²) in [6, 6.07) is 12.1. The molecule has 0 spiro atoms. The van der Waals surface area contributed by atoms with Gasteiger partial charge in [-0.25, -0.2) is 4.99 Å². The number of nitrogens with one attached hydrogen (secondary N) is 3. The summed E-state index contributed by atoms with van der Waals surface area (Å²) in [5.74, 6) is 0.517. The molecule has 1 aromatic carbocycles. The van der Waals surface area contributed by atoms with Crippen LogP contribution in [0.3, 0.4) is 0 Å². The number of guanidine groups is 1. The highest BCUT2D eigenvalue weighted by atomic mass is 127. The van der Waals surface area contributed by atoms with Crippen LogP contribution >= 0.6 is 35.3 Å². The average Bonchev–Trinajstić information content (AvgIpc) is 3.03. The largest absolute Gasteiger partial charge is 0.357 e. The highest BCUT2D eigenvalue weighted by molar-refractivity contribution is 14.0. The number of thiophene rings is 1. The van der Waals surface area contributed by atoms with Crippen LogP contribution in [0.1, 0.15) is 29.2 Å². The summed E-state index contributed by atoms with van der Waals surface area (Å²) in [5, 5.41) is 9.31. The molecular weight excluding hydrogens is 459 g/mol. The van der Waals surface area contributed by atoms with Gasteiger partial charge < -0.3 is 16.0 Å². The van der Waals surface area contributed by atoms with E-state index >= 15 is 0 Å². The van der Waals surface area contributed by atoms with Gasteiger partial charge in [-0.05, 0) is 50.1 Å². The Morgan fingerprint density at radius 1 is 1.15 bits per heavy atom. The second-order valence-electron chi connectivity index (χ2n) is 5.66. The minimum Gasteiger partial charge on any atom is -0.357 e. The second-order valence-corrected chi connectivity index (χ2v) is 7.04. The number of anilines is 1. The van der Waals surface area contributed by atoms with Crippen molar-refractivity contribution < 1.29 is 4.79 Å². The molecule has 2 aromatic rings. The first-order chi connectivity index (χ1) is 12.1. The maximum Gasteiger partial charge on any atom is 0.246 e. The Kier molecular flexibility index (Phi) is 10.3. The van der Waals surface area contributed by atoms with Gasteiger partial charge in [-0.3, -0.25) is 4.79 Å². The molecular formula is C19H27IN4OS. The first-order valence-corrected chi connectivity index (χ1v) is 9.38. The zero-order chi connectivity index (χ0) is 18.1. The summed E-state index contributed by atoms with van der Waals surface area (Å²) >= 11 is 1.75. The molecule has 0 bridgehead atoms. The maximum atomic E-state index is 12.1. The summed E-state index contributed by atoms with van der Waals surface area (Å²) in [6.45, 7) is 7.71. The maximum absolute atomic E-state index is 12.1. The summed E-state index contributed by atoms with van der Waals surface area (Å²) in [5.41, 5.74) is 2.01. The fourth-order valence-electron chi connectivity index (χ4n) is 2.31. The topological polar surface area (TPSA) is 65.5 Å². The molecule has 1 amide bonds.